The number of methoxy groups -OCH3 is 2. The Morgan fingerprint density at radius 2 is 1.92 bits per heavy atom. The van der Waals surface area contributed by atoms with E-state index in [-0.39, 0.29) is 12.3 Å². The zero-order chi connectivity index (χ0) is 17.8. The second-order valence-electron chi connectivity index (χ2n) is 5.23. The number of carbonyl (C=O) groups excluding carboxylic acids is 1. The van der Waals surface area contributed by atoms with Gasteiger partial charge in [-0.15, -0.1) is 22.7 Å². The molecule has 8 heteroatoms. The highest BCUT2D eigenvalue weighted by molar-refractivity contribution is 7.14. The molecule has 0 atom stereocenters. The van der Waals surface area contributed by atoms with Crippen LogP contribution in [0.3, 0.4) is 0 Å². The molecule has 0 spiro atoms. The first-order chi connectivity index (χ1) is 12.1. The highest BCUT2D eigenvalue weighted by Crippen LogP contribution is 2.33. The average molecular weight is 375 g/mol. The van der Waals surface area contributed by atoms with Gasteiger partial charge in [-0.2, -0.15) is 0 Å². The standard InChI is InChI=1S/C17H17N3O3S2/c1-10-8-25-17(18-10)20-15(21)7-12-9-24-16(19-12)11-4-5-13(22-2)14(6-11)23-3/h4-6,8-9H,7H2,1-3H3,(H,18,20,21). The van der Waals surface area contributed by atoms with Gasteiger partial charge in [-0.1, -0.05) is 0 Å². The molecule has 1 aromatic carbocycles. The van der Waals surface area contributed by atoms with E-state index in [9.17, 15) is 4.79 Å². The molecule has 2 aromatic heterocycles. The minimum Gasteiger partial charge on any atom is -0.493 e. The maximum Gasteiger partial charge on any atom is 0.232 e. The van der Waals surface area contributed by atoms with Gasteiger partial charge in [0.1, 0.15) is 5.01 Å². The molecule has 0 unspecified atom stereocenters. The normalized spacial score (nSPS) is 10.5. The van der Waals surface area contributed by atoms with Crippen LogP contribution in [0, 0.1) is 6.92 Å². The number of aromatic nitrogens is 2. The van der Waals surface area contributed by atoms with E-state index in [0.717, 1.165) is 22.0 Å². The van der Waals surface area contributed by atoms with Crippen molar-refractivity contribution in [2.75, 3.05) is 19.5 Å². The molecule has 1 N–H and O–H groups in total. The van der Waals surface area contributed by atoms with Crippen LogP contribution in [0.5, 0.6) is 11.5 Å². The fourth-order valence-corrected chi connectivity index (χ4v) is 3.75. The molecule has 0 aliphatic rings. The van der Waals surface area contributed by atoms with E-state index in [1.807, 2.05) is 35.9 Å². The van der Waals surface area contributed by atoms with Gasteiger partial charge in [-0.3, -0.25) is 4.79 Å². The van der Waals surface area contributed by atoms with Gasteiger partial charge in [-0.25, -0.2) is 9.97 Å². The van der Waals surface area contributed by atoms with Gasteiger partial charge >= 0.3 is 0 Å². The van der Waals surface area contributed by atoms with Crippen molar-refractivity contribution in [3.05, 3.63) is 40.3 Å². The maximum atomic E-state index is 12.1. The number of hydrogen-bond donors (Lipinski definition) is 1. The lowest BCUT2D eigenvalue weighted by Crippen LogP contribution is -2.14. The SMILES string of the molecule is COc1ccc(-c2nc(CC(=O)Nc3nc(C)cs3)cs2)cc1OC. The molecule has 3 aromatic rings. The second kappa shape index (κ2) is 7.62. The van der Waals surface area contributed by atoms with Crippen molar-refractivity contribution >= 4 is 33.7 Å². The van der Waals surface area contributed by atoms with Crippen LogP contribution in [0.4, 0.5) is 5.13 Å². The Hall–Kier alpha value is -2.45. The lowest BCUT2D eigenvalue weighted by atomic mass is 10.2. The van der Waals surface area contributed by atoms with Crippen molar-refractivity contribution in [2.24, 2.45) is 0 Å². The van der Waals surface area contributed by atoms with E-state index in [4.69, 9.17) is 9.47 Å². The first-order valence-electron chi connectivity index (χ1n) is 7.48. The average Bonchev–Trinajstić information content (AvgIpc) is 3.23. The highest BCUT2D eigenvalue weighted by atomic mass is 32.1. The van der Waals surface area contributed by atoms with Crippen molar-refractivity contribution in [3.8, 4) is 22.1 Å². The number of anilines is 1. The third-order valence-corrected chi connectivity index (χ3v) is 5.21. The lowest BCUT2D eigenvalue weighted by Gasteiger charge is -2.08. The number of hydrogen-bond acceptors (Lipinski definition) is 7. The fourth-order valence-electron chi connectivity index (χ4n) is 2.23. The molecule has 0 radical (unpaired) electrons. The van der Waals surface area contributed by atoms with Gasteiger partial charge in [-0.05, 0) is 25.1 Å². The summed E-state index contributed by atoms with van der Waals surface area (Å²) in [4.78, 5) is 20.9. The van der Waals surface area contributed by atoms with E-state index in [1.54, 1.807) is 14.2 Å². The number of nitrogens with one attached hydrogen (secondary N) is 1. The van der Waals surface area contributed by atoms with Gasteiger partial charge in [0, 0.05) is 16.3 Å². The minimum atomic E-state index is -0.126. The largest absolute Gasteiger partial charge is 0.493 e. The lowest BCUT2D eigenvalue weighted by molar-refractivity contribution is -0.115. The Kier molecular flexibility index (Phi) is 5.30. The predicted molar refractivity (Wildman–Crippen MR) is 99.8 cm³/mol. The second-order valence-corrected chi connectivity index (χ2v) is 6.95. The third kappa shape index (κ3) is 4.15. The van der Waals surface area contributed by atoms with E-state index in [0.29, 0.717) is 16.6 Å². The predicted octanol–water partition coefficient (Wildman–Crippen LogP) is 3.77. The van der Waals surface area contributed by atoms with E-state index < -0.39 is 0 Å². The Morgan fingerprint density at radius 3 is 2.60 bits per heavy atom. The van der Waals surface area contributed by atoms with Crippen LogP contribution in [0.1, 0.15) is 11.4 Å². The summed E-state index contributed by atoms with van der Waals surface area (Å²) in [5, 5.41) is 8.01. The zero-order valence-corrected chi connectivity index (χ0v) is 15.7. The summed E-state index contributed by atoms with van der Waals surface area (Å²) < 4.78 is 10.6. The van der Waals surface area contributed by atoms with Crippen LogP contribution in [-0.4, -0.2) is 30.1 Å². The monoisotopic (exact) mass is 375 g/mol. The molecule has 3 rings (SSSR count). The van der Waals surface area contributed by atoms with Crippen molar-refractivity contribution in [2.45, 2.75) is 13.3 Å². The van der Waals surface area contributed by atoms with Crippen molar-refractivity contribution in [1.29, 1.82) is 0 Å². The van der Waals surface area contributed by atoms with Crippen molar-refractivity contribution < 1.29 is 14.3 Å². The first kappa shape index (κ1) is 17.4. The summed E-state index contributed by atoms with van der Waals surface area (Å²) in [7, 11) is 3.20. The Bertz CT molecular complexity index is 889. The van der Waals surface area contributed by atoms with Crippen LogP contribution in [0.2, 0.25) is 0 Å². The molecule has 0 saturated heterocycles. The molecule has 130 valence electrons. The molecule has 0 fully saturated rings. The number of carbonyl (C=O) groups is 1. The van der Waals surface area contributed by atoms with Crippen molar-refractivity contribution in [3.63, 3.8) is 0 Å². The first-order valence-corrected chi connectivity index (χ1v) is 9.23. The molecule has 1 amide bonds. The summed E-state index contributed by atoms with van der Waals surface area (Å²) in [6.45, 7) is 1.89. The van der Waals surface area contributed by atoms with Crippen LogP contribution < -0.4 is 14.8 Å². The topological polar surface area (TPSA) is 73.3 Å². The van der Waals surface area contributed by atoms with Crippen LogP contribution in [0.15, 0.2) is 29.0 Å². The molecule has 6 nitrogen and oxygen atoms in total. The summed E-state index contributed by atoms with van der Waals surface area (Å²) in [6.07, 6.45) is 0.211. The van der Waals surface area contributed by atoms with Gasteiger partial charge in [0.2, 0.25) is 5.91 Å². The zero-order valence-electron chi connectivity index (χ0n) is 14.0. The van der Waals surface area contributed by atoms with E-state index in [1.165, 1.54) is 22.7 Å². The molecule has 25 heavy (non-hydrogen) atoms. The highest BCUT2D eigenvalue weighted by Gasteiger charge is 2.12. The van der Waals surface area contributed by atoms with Crippen LogP contribution in [-0.2, 0) is 11.2 Å². The molecule has 0 saturated carbocycles. The smallest absolute Gasteiger partial charge is 0.232 e. The van der Waals surface area contributed by atoms with Gasteiger partial charge in [0.15, 0.2) is 16.6 Å². The number of benzene rings is 1. The molecular weight excluding hydrogens is 358 g/mol. The molecule has 0 bridgehead atoms. The van der Waals surface area contributed by atoms with Crippen LogP contribution in [0.25, 0.3) is 10.6 Å². The summed E-state index contributed by atoms with van der Waals surface area (Å²) in [6, 6.07) is 5.63. The number of aryl methyl sites for hydroxylation is 1. The third-order valence-electron chi connectivity index (χ3n) is 3.39. The summed E-state index contributed by atoms with van der Waals surface area (Å²) in [5.41, 5.74) is 2.54. The Labute approximate surface area is 153 Å². The number of rotatable bonds is 6. The van der Waals surface area contributed by atoms with E-state index in [2.05, 4.69) is 15.3 Å². The van der Waals surface area contributed by atoms with Gasteiger partial charge in [0.05, 0.1) is 32.0 Å². The number of amides is 1. The number of thiazole rings is 2. The molecule has 2 heterocycles. The Balaban J connectivity index is 1.70. The van der Waals surface area contributed by atoms with Crippen molar-refractivity contribution in [1.82, 2.24) is 9.97 Å². The molecular formula is C17H17N3O3S2. The molecule has 0 aliphatic carbocycles. The number of nitrogens with zero attached hydrogens (tertiary/aromatic N) is 2. The minimum absolute atomic E-state index is 0.126. The Morgan fingerprint density at radius 1 is 1.12 bits per heavy atom. The van der Waals surface area contributed by atoms with Gasteiger partial charge < -0.3 is 14.8 Å². The van der Waals surface area contributed by atoms with E-state index >= 15 is 0 Å². The maximum absolute atomic E-state index is 12.1. The summed E-state index contributed by atoms with van der Waals surface area (Å²) in [5.74, 6) is 1.19. The quantitative estimate of drug-likeness (QED) is 0.710. The fraction of sp³-hybridized carbons (Fsp3) is 0.235. The number of ether oxygens (including phenoxy) is 2. The molecule has 0 aliphatic heterocycles. The summed E-state index contributed by atoms with van der Waals surface area (Å²) >= 11 is 2.90. The van der Waals surface area contributed by atoms with Crippen LogP contribution >= 0.6 is 22.7 Å². The van der Waals surface area contributed by atoms with Gasteiger partial charge in [0.25, 0.3) is 0 Å².